The number of rotatable bonds is 5. The van der Waals surface area contributed by atoms with Gasteiger partial charge in [-0.1, -0.05) is 11.6 Å². The first-order chi connectivity index (χ1) is 11.7. The number of ether oxygens (including phenoxy) is 2. The number of esters is 1. The highest BCUT2D eigenvalue weighted by atomic mass is 35.5. The summed E-state index contributed by atoms with van der Waals surface area (Å²) in [6.45, 7) is 5.15. The summed E-state index contributed by atoms with van der Waals surface area (Å²) >= 11 is 5.85. The van der Waals surface area contributed by atoms with Crippen molar-refractivity contribution in [1.29, 1.82) is 0 Å². The predicted molar refractivity (Wildman–Crippen MR) is 97.3 cm³/mol. The van der Waals surface area contributed by atoms with Crippen LogP contribution in [-0.2, 0) is 9.53 Å². The van der Waals surface area contributed by atoms with Crippen LogP contribution in [0.25, 0.3) is 0 Å². The quantitative estimate of drug-likeness (QED) is 0.809. The molecule has 2 rings (SSSR count). The number of hydrogen-bond donors (Lipinski definition) is 1. The average molecular weight is 362 g/mol. The maximum Gasteiger partial charge on any atom is 0.337 e. The molecule has 0 fully saturated rings. The largest absolute Gasteiger partial charge is 0.478 e. The first kappa shape index (κ1) is 18.8. The topological polar surface area (TPSA) is 64.6 Å². The molecule has 2 aromatic rings. The maximum absolute atomic E-state index is 12.6. The smallest absolute Gasteiger partial charge is 0.337 e. The van der Waals surface area contributed by atoms with Crippen molar-refractivity contribution in [3.8, 4) is 5.75 Å². The molecule has 0 aliphatic carbocycles. The number of anilines is 1. The van der Waals surface area contributed by atoms with E-state index in [2.05, 4.69) is 10.1 Å². The zero-order valence-electron chi connectivity index (χ0n) is 14.6. The molecule has 0 unspecified atom stereocenters. The Balaban J connectivity index is 2.12. The number of hydrogen-bond acceptors (Lipinski definition) is 4. The van der Waals surface area contributed by atoms with E-state index in [0.717, 1.165) is 5.56 Å². The summed E-state index contributed by atoms with van der Waals surface area (Å²) in [5.41, 5.74) is 0.681. The molecule has 2 aromatic carbocycles. The molecule has 6 heteroatoms. The monoisotopic (exact) mass is 361 g/mol. The molecule has 0 radical (unpaired) electrons. The van der Waals surface area contributed by atoms with Crippen molar-refractivity contribution in [3.05, 3.63) is 58.6 Å². The van der Waals surface area contributed by atoms with Crippen molar-refractivity contribution in [2.75, 3.05) is 12.4 Å². The second-order valence-corrected chi connectivity index (χ2v) is 6.48. The second kappa shape index (κ2) is 7.57. The Morgan fingerprint density at radius 1 is 1.08 bits per heavy atom. The molecular formula is C19H20ClNO4. The Morgan fingerprint density at radius 3 is 2.28 bits per heavy atom. The molecule has 0 saturated carbocycles. The van der Waals surface area contributed by atoms with Gasteiger partial charge in [-0.2, -0.15) is 0 Å². The predicted octanol–water partition coefficient (Wildman–Crippen LogP) is 4.23. The van der Waals surface area contributed by atoms with Gasteiger partial charge in [-0.15, -0.1) is 0 Å². The molecule has 0 aliphatic heterocycles. The van der Waals surface area contributed by atoms with Crippen LogP contribution in [0, 0.1) is 6.92 Å². The lowest BCUT2D eigenvalue weighted by Gasteiger charge is -2.25. The van der Waals surface area contributed by atoms with Crippen LogP contribution in [-0.4, -0.2) is 24.6 Å². The molecule has 25 heavy (non-hydrogen) atoms. The van der Waals surface area contributed by atoms with Crippen LogP contribution in [0.5, 0.6) is 5.75 Å². The van der Waals surface area contributed by atoms with Crippen LogP contribution in [0.15, 0.2) is 42.5 Å². The Labute approximate surface area is 151 Å². The zero-order valence-corrected chi connectivity index (χ0v) is 15.3. The van der Waals surface area contributed by atoms with E-state index in [1.54, 1.807) is 63.2 Å². The summed E-state index contributed by atoms with van der Waals surface area (Å²) < 4.78 is 10.5. The van der Waals surface area contributed by atoms with Crippen molar-refractivity contribution < 1.29 is 19.1 Å². The van der Waals surface area contributed by atoms with Gasteiger partial charge in [0.15, 0.2) is 5.60 Å². The van der Waals surface area contributed by atoms with Crippen molar-refractivity contribution in [2.45, 2.75) is 26.4 Å². The van der Waals surface area contributed by atoms with E-state index in [9.17, 15) is 9.59 Å². The van der Waals surface area contributed by atoms with Crippen LogP contribution >= 0.6 is 11.6 Å². The third-order valence-electron chi connectivity index (χ3n) is 3.63. The first-order valence-corrected chi connectivity index (χ1v) is 8.06. The Hall–Kier alpha value is -2.53. The summed E-state index contributed by atoms with van der Waals surface area (Å²) in [5, 5.41) is 3.42. The van der Waals surface area contributed by atoms with Gasteiger partial charge in [-0.25, -0.2) is 4.79 Å². The molecule has 0 saturated heterocycles. The standard InChI is InChI=1S/C19H20ClNO4/c1-12-11-13(17(22)24-4)5-10-16(12)21-18(23)19(2,3)25-15-8-6-14(20)7-9-15/h5-11H,1-4H3,(H,21,23). The van der Waals surface area contributed by atoms with Crippen molar-refractivity contribution in [1.82, 2.24) is 0 Å². The summed E-state index contributed by atoms with van der Waals surface area (Å²) in [6.07, 6.45) is 0. The minimum atomic E-state index is -1.10. The van der Waals surface area contributed by atoms with E-state index in [0.29, 0.717) is 22.0 Å². The lowest BCUT2D eigenvalue weighted by molar-refractivity contribution is -0.128. The van der Waals surface area contributed by atoms with Crippen LogP contribution in [0.1, 0.15) is 29.8 Å². The fourth-order valence-corrected chi connectivity index (χ4v) is 2.29. The highest BCUT2D eigenvalue weighted by Gasteiger charge is 2.30. The van der Waals surface area contributed by atoms with Crippen LogP contribution in [0.4, 0.5) is 5.69 Å². The highest BCUT2D eigenvalue weighted by Crippen LogP contribution is 2.23. The Kier molecular flexibility index (Phi) is 5.69. The number of carbonyl (C=O) groups excluding carboxylic acids is 2. The fourth-order valence-electron chi connectivity index (χ4n) is 2.17. The molecule has 0 atom stereocenters. The Morgan fingerprint density at radius 2 is 1.72 bits per heavy atom. The third kappa shape index (κ3) is 4.73. The number of nitrogens with one attached hydrogen (secondary N) is 1. The summed E-state index contributed by atoms with van der Waals surface area (Å²) in [6, 6.07) is 11.7. The number of benzene rings is 2. The molecule has 0 bridgehead atoms. The highest BCUT2D eigenvalue weighted by molar-refractivity contribution is 6.30. The second-order valence-electron chi connectivity index (χ2n) is 6.04. The number of amides is 1. The molecule has 5 nitrogen and oxygen atoms in total. The number of halogens is 1. The third-order valence-corrected chi connectivity index (χ3v) is 3.88. The normalized spacial score (nSPS) is 10.9. The van der Waals surface area contributed by atoms with E-state index in [1.807, 2.05) is 0 Å². The maximum atomic E-state index is 12.6. The van der Waals surface area contributed by atoms with Gasteiger partial charge in [0.1, 0.15) is 5.75 Å². The Bertz CT molecular complexity index is 785. The van der Waals surface area contributed by atoms with Gasteiger partial charge in [0.25, 0.3) is 5.91 Å². The lowest BCUT2D eigenvalue weighted by atomic mass is 10.1. The van der Waals surface area contributed by atoms with Gasteiger partial charge in [-0.05, 0) is 68.8 Å². The van der Waals surface area contributed by atoms with Crippen molar-refractivity contribution in [3.63, 3.8) is 0 Å². The average Bonchev–Trinajstić information content (AvgIpc) is 2.57. The first-order valence-electron chi connectivity index (χ1n) is 7.68. The van der Waals surface area contributed by atoms with Gasteiger partial charge in [0, 0.05) is 10.7 Å². The molecule has 0 aromatic heterocycles. The van der Waals surface area contributed by atoms with Gasteiger partial charge in [0.2, 0.25) is 0 Å². The zero-order chi connectivity index (χ0) is 18.6. The van der Waals surface area contributed by atoms with Gasteiger partial charge >= 0.3 is 5.97 Å². The minimum Gasteiger partial charge on any atom is -0.478 e. The molecule has 0 heterocycles. The molecule has 1 amide bonds. The lowest BCUT2D eigenvalue weighted by Crippen LogP contribution is -2.42. The van der Waals surface area contributed by atoms with Crippen LogP contribution < -0.4 is 10.1 Å². The molecule has 0 spiro atoms. The minimum absolute atomic E-state index is 0.309. The summed E-state index contributed by atoms with van der Waals surface area (Å²) in [7, 11) is 1.32. The van der Waals surface area contributed by atoms with Gasteiger partial charge < -0.3 is 14.8 Å². The fraction of sp³-hybridized carbons (Fsp3) is 0.263. The van der Waals surface area contributed by atoms with Crippen LogP contribution in [0.2, 0.25) is 5.02 Å². The number of aryl methyl sites for hydroxylation is 1. The molecular weight excluding hydrogens is 342 g/mol. The van der Waals surface area contributed by atoms with Gasteiger partial charge in [0.05, 0.1) is 12.7 Å². The SMILES string of the molecule is COC(=O)c1ccc(NC(=O)C(C)(C)Oc2ccc(Cl)cc2)c(C)c1. The molecule has 0 aliphatic rings. The molecule has 132 valence electrons. The molecule has 1 N–H and O–H groups in total. The van der Waals surface area contributed by atoms with Gasteiger partial charge in [-0.3, -0.25) is 4.79 Å². The van der Waals surface area contributed by atoms with Crippen molar-refractivity contribution in [2.24, 2.45) is 0 Å². The van der Waals surface area contributed by atoms with Crippen LogP contribution in [0.3, 0.4) is 0 Å². The van der Waals surface area contributed by atoms with E-state index < -0.39 is 11.6 Å². The van der Waals surface area contributed by atoms with E-state index >= 15 is 0 Å². The van der Waals surface area contributed by atoms with E-state index in [1.165, 1.54) is 7.11 Å². The van der Waals surface area contributed by atoms with E-state index in [-0.39, 0.29) is 5.91 Å². The number of carbonyl (C=O) groups is 2. The van der Waals surface area contributed by atoms with E-state index in [4.69, 9.17) is 16.3 Å². The summed E-state index contributed by atoms with van der Waals surface area (Å²) in [4.78, 5) is 24.1. The van der Waals surface area contributed by atoms with Crippen molar-refractivity contribution >= 4 is 29.2 Å². The number of methoxy groups -OCH3 is 1. The summed E-state index contributed by atoms with van der Waals surface area (Å²) in [5.74, 6) is -0.189.